The van der Waals surface area contributed by atoms with E-state index in [0.717, 1.165) is 31.2 Å². The molecule has 1 aromatic carbocycles. The van der Waals surface area contributed by atoms with Crippen molar-refractivity contribution in [2.75, 3.05) is 38.6 Å². The van der Waals surface area contributed by atoms with Gasteiger partial charge in [0.15, 0.2) is 0 Å². The predicted molar refractivity (Wildman–Crippen MR) is 89.9 cm³/mol. The van der Waals surface area contributed by atoms with E-state index in [1.165, 1.54) is 11.3 Å². The van der Waals surface area contributed by atoms with Crippen LogP contribution in [0.4, 0.5) is 5.69 Å². The summed E-state index contributed by atoms with van der Waals surface area (Å²) in [6, 6.07) is 6.60. The van der Waals surface area contributed by atoms with Crippen molar-refractivity contribution in [1.82, 2.24) is 10.2 Å². The van der Waals surface area contributed by atoms with E-state index in [4.69, 9.17) is 11.6 Å². The molecule has 0 bridgehead atoms. The van der Waals surface area contributed by atoms with E-state index in [0.29, 0.717) is 6.04 Å². The molecule has 0 saturated heterocycles. The minimum absolute atomic E-state index is 0.426. The van der Waals surface area contributed by atoms with Crippen LogP contribution in [0.1, 0.15) is 26.3 Å². The lowest BCUT2D eigenvalue weighted by molar-refractivity contribution is 0.372. The van der Waals surface area contributed by atoms with Crippen molar-refractivity contribution in [3.63, 3.8) is 0 Å². The molecule has 0 aromatic heterocycles. The zero-order valence-electron chi connectivity index (χ0n) is 13.4. The Morgan fingerprint density at radius 2 is 1.95 bits per heavy atom. The second-order valence-corrected chi connectivity index (χ2v) is 5.83. The van der Waals surface area contributed by atoms with Gasteiger partial charge < -0.3 is 15.1 Å². The molecule has 0 aliphatic rings. The molecule has 4 heteroatoms. The van der Waals surface area contributed by atoms with Crippen molar-refractivity contribution in [3.8, 4) is 0 Å². The van der Waals surface area contributed by atoms with Gasteiger partial charge in [0.05, 0.1) is 10.7 Å². The van der Waals surface area contributed by atoms with Gasteiger partial charge in [0.1, 0.15) is 0 Å². The second-order valence-electron chi connectivity index (χ2n) is 5.43. The van der Waals surface area contributed by atoms with Gasteiger partial charge in [0.2, 0.25) is 0 Å². The molecule has 1 rings (SSSR count). The van der Waals surface area contributed by atoms with E-state index in [9.17, 15) is 0 Å². The molecule has 0 aliphatic carbocycles. The Kier molecular flexibility index (Phi) is 7.35. The van der Waals surface area contributed by atoms with Gasteiger partial charge in [-0.3, -0.25) is 0 Å². The predicted octanol–water partition coefficient (Wildman–Crippen LogP) is 3.23. The van der Waals surface area contributed by atoms with E-state index in [2.05, 4.69) is 56.0 Å². The van der Waals surface area contributed by atoms with Crippen LogP contribution in [-0.2, 0) is 6.54 Å². The first kappa shape index (κ1) is 17.3. The largest absolute Gasteiger partial charge is 0.366 e. The zero-order valence-corrected chi connectivity index (χ0v) is 14.2. The molecule has 114 valence electrons. The van der Waals surface area contributed by atoms with Crippen molar-refractivity contribution in [1.29, 1.82) is 0 Å². The Hall–Kier alpha value is -0.770. The fraction of sp³-hybridized carbons (Fsp3) is 0.625. The van der Waals surface area contributed by atoms with E-state index in [-0.39, 0.29) is 0 Å². The van der Waals surface area contributed by atoms with E-state index in [1.807, 2.05) is 12.1 Å². The van der Waals surface area contributed by atoms with Gasteiger partial charge in [0.25, 0.3) is 0 Å². The molecule has 0 saturated carbocycles. The lowest BCUT2D eigenvalue weighted by Gasteiger charge is -2.34. The summed E-state index contributed by atoms with van der Waals surface area (Å²) in [4.78, 5) is 4.61. The van der Waals surface area contributed by atoms with Crippen molar-refractivity contribution in [3.05, 3.63) is 28.8 Å². The maximum absolute atomic E-state index is 6.48. The van der Waals surface area contributed by atoms with E-state index in [1.54, 1.807) is 0 Å². The monoisotopic (exact) mass is 297 g/mol. The molecule has 20 heavy (non-hydrogen) atoms. The maximum Gasteiger partial charge on any atom is 0.0643 e. The Balaban J connectivity index is 3.06. The summed E-state index contributed by atoms with van der Waals surface area (Å²) < 4.78 is 0. The third kappa shape index (κ3) is 4.65. The second kappa shape index (κ2) is 8.50. The molecule has 3 nitrogen and oxygen atoms in total. The number of nitrogens with one attached hydrogen (secondary N) is 1. The lowest BCUT2D eigenvalue weighted by atomic mass is 10.1. The Bertz CT molecular complexity index is 407. The zero-order chi connectivity index (χ0) is 15.1. The highest BCUT2D eigenvalue weighted by Gasteiger charge is 2.19. The summed E-state index contributed by atoms with van der Waals surface area (Å²) in [5, 5.41) is 4.24. The maximum atomic E-state index is 6.48. The van der Waals surface area contributed by atoms with Crippen LogP contribution in [0.2, 0.25) is 5.02 Å². The van der Waals surface area contributed by atoms with Gasteiger partial charge in [-0.1, -0.05) is 30.7 Å². The number of nitrogens with zero attached hydrogens (tertiary/aromatic N) is 2. The third-order valence-corrected chi connectivity index (χ3v) is 3.73. The quantitative estimate of drug-likeness (QED) is 0.795. The molecular weight excluding hydrogens is 270 g/mol. The smallest absolute Gasteiger partial charge is 0.0643 e. The molecular formula is C16H28ClN3. The Labute approximate surface area is 128 Å². The number of anilines is 1. The third-order valence-electron chi connectivity index (χ3n) is 3.43. The van der Waals surface area contributed by atoms with Crippen LogP contribution in [0, 0.1) is 0 Å². The molecule has 0 amide bonds. The van der Waals surface area contributed by atoms with Gasteiger partial charge >= 0.3 is 0 Å². The van der Waals surface area contributed by atoms with Crippen LogP contribution in [-0.4, -0.2) is 44.7 Å². The molecule has 0 heterocycles. The van der Waals surface area contributed by atoms with Crippen LogP contribution < -0.4 is 10.2 Å². The molecule has 1 aromatic rings. The van der Waals surface area contributed by atoms with Crippen LogP contribution in [0.15, 0.2) is 18.2 Å². The van der Waals surface area contributed by atoms with Crippen LogP contribution in [0.5, 0.6) is 0 Å². The molecule has 1 unspecified atom stereocenters. The highest BCUT2D eigenvalue weighted by Crippen LogP contribution is 2.31. The summed E-state index contributed by atoms with van der Waals surface area (Å²) in [7, 11) is 4.22. The van der Waals surface area contributed by atoms with Gasteiger partial charge in [0, 0.05) is 25.7 Å². The van der Waals surface area contributed by atoms with Gasteiger partial charge in [-0.2, -0.15) is 0 Å². The number of para-hydroxylation sites is 1. The first-order chi connectivity index (χ1) is 9.51. The molecule has 1 N–H and O–H groups in total. The standard InChI is InChI=1S/C16H28ClN3/c1-6-18-11-14-9-8-10-15(17)16(14)20(7-2)13(3)12-19(4)5/h8-10,13,18H,6-7,11-12H2,1-5H3. The average molecular weight is 298 g/mol. The van der Waals surface area contributed by atoms with Gasteiger partial charge in [-0.15, -0.1) is 0 Å². The highest BCUT2D eigenvalue weighted by molar-refractivity contribution is 6.33. The summed E-state index contributed by atoms with van der Waals surface area (Å²) in [6.45, 7) is 10.4. The topological polar surface area (TPSA) is 18.5 Å². The fourth-order valence-electron chi connectivity index (χ4n) is 2.60. The molecule has 1 atom stereocenters. The number of hydrogen-bond donors (Lipinski definition) is 1. The van der Waals surface area contributed by atoms with Gasteiger partial charge in [-0.05, 0) is 46.1 Å². The first-order valence-corrected chi connectivity index (χ1v) is 7.78. The Morgan fingerprint density at radius 3 is 2.50 bits per heavy atom. The van der Waals surface area contributed by atoms with Crippen LogP contribution >= 0.6 is 11.6 Å². The number of rotatable bonds is 8. The fourth-order valence-corrected chi connectivity index (χ4v) is 2.90. The molecule has 0 fully saturated rings. The minimum Gasteiger partial charge on any atom is -0.366 e. The normalized spacial score (nSPS) is 12.8. The summed E-state index contributed by atoms with van der Waals surface area (Å²) in [6.07, 6.45) is 0. The summed E-state index contributed by atoms with van der Waals surface area (Å²) in [5.74, 6) is 0. The highest BCUT2D eigenvalue weighted by atomic mass is 35.5. The van der Waals surface area contributed by atoms with Crippen molar-refractivity contribution < 1.29 is 0 Å². The minimum atomic E-state index is 0.426. The summed E-state index contributed by atoms with van der Waals surface area (Å²) >= 11 is 6.48. The van der Waals surface area contributed by atoms with Gasteiger partial charge in [-0.25, -0.2) is 0 Å². The number of benzene rings is 1. The Morgan fingerprint density at radius 1 is 1.25 bits per heavy atom. The number of halogens is 1. The number of likely N-dealkylation sites (N-methyl/N-ethyl adjacent to an activating group) is 2. The van der Waals surface area contributed by atoms with Crippen molar-refractivity contribution in [2.45, 2.75) is 33.4 Å². The van der Waals surface area contributed by atoms with Crippen LogP contribution in [0.3, 0.4) is 0 Å². The number of hydrogen-bond acceptors (Lipinski definition) is 3. The van der Waals surface area contributed by atoms with E-state index < -0.39 is 0 Å². The summed E-state index contributed by atoms with van der Waals surface area (Å²) in [5.41, 5.74) is 2.44. The SMILES string of the molecule is CCNCc1cccc(Cl)c1N(CC)C(C)CN(C)C. The van der Waals surface area contributed by atoms with Crippen LogP contribution in [0.25, 0.3) is 0 Å². The first-order valence-electron chi connectivity index (χ1n) is 7.40. The molecule has 0 radical (unpaired) electrons. The molecule has 0 spiro atoms. The molecule has 0 aliphatic heterocycles. The lowest BCUT2D eigenvalue weighted by Crippen LogP contribution is -2.41. The van der Waals surface area contributed by atoms with Crippen molar-refractivity contribution in [2.24, 2.45) is 0 Å². The van der Waals surface area contributed by atoms with Crippen molar-refractivity contribution >= 4 is 17.3 Å². The van der Waals surface area contributed by atoms with E-state index >= 15 is 0 Å². The average Bonchev–Trinajstić information content (AvgIpc) is 2.38.